The van der Waals surface area contributed by atoms with Gasteiger partial charge in [-0.2, -0.15) is 0 Å². The Hall–Kier alpha value is -2.49. The first kappa shape index (κ1) is 20.2. The van der Waals surface area contributed by atoms with Crippen LogP contribution in [0.25, 0.3) is 0 Å². The minimum Gasteiger partial charge on any atom is -0.378 e. The van der Waals surface area contributed by atoms with Crippen molar-refractivity contribution in [2.75, 3.05) is 31.2 Å². The minimum atomic E-state index is -3.70. The van der Waals surface area contributed by atoms with Crippen LogP contribution in [-0.2, 0) is 32.5 Å². The Morgan fingerprint density at radius 1 is 1.14 bits per heavy atom. The molecule has 150 valence electrons. The highest BCUT2D eigenvalue weighted by atomic mass is 32.2. The molecule has 0 bridgehead atoms. The number of nitrogens with zero attached hydrogens (tertiary/aromatic N) is 2. The largest absolute Gasteiger partial charge is 0.378 e. The van der Waals surface area contributed by atoms with Crippen LogP contribution in [0.1, 0.15) is 17.5 Å². The molecular weight excluding hydrogens is 380 g/mol. The van der Waals surface area contributed by atoms with Crippen LogP contribution >= 0.6 is 0 Å². The topological polar surface area (TPSA) is 115 Å². The Bertz CT molecular complexity index is 910. The van der Waals surface area contributed by atoms with Gasteiger partial charge in [0.1, 0.15) is 5.82 Å². The van der Waals surface area contributed by atoms with E-state index in [0.29, 0.717) is 32.6 Å². The summed E-state index contributed by atoms with van der Waals surface area (Å²) in [7, 11) is -3.70. The number of carbonyl (C=O) groups is 1. The predicted octanol–water partition coefficient (Wildman–Crippen LogP) is 0.815. The van der Waals surface area contributed by atoms with Crippen LogP contribution in [0.2, 0.25) is 0 Å². The number of aryl methyl sites for hydroxylation is 1. The number of benzene rings is 1. The lowest BCUT2D eigenvalue weighted by Gasteiger charge is -2.28. The van der Waals surface area contributed by atoms with Crippen molar-refractivity contribution in [3.8, 4) is 0 Å². The third-order valence-electron chi connectivity index (χ3n) is 4.53. The Morgan fingerprint density at radius 2 is 1.86 bits per heavy atom. The maximum Gasteiger partial charge on any atom is 0.238 e. The van der Waals surface area contributed by atoms with Crippen molar-refractivity contribution in [2.24, 2.45) is 5.14 Å². The van der Waals surface area contributed by atoms with E-state index in [1.807, 2.05) is 12.1 Å². The van der Waals surface area contributed by atoms with Gasteiger partial charge in [0, 0.05) is 32.3 Å². The van der Waals surface area contributed by atoms with Gasteiger partial charge in [0.2, 0.25) is 15.9 Å². The van der Waals surface area contributed by atoms with Gasteiger partial charge >= 0.3 is 0 Å². The molecule has 2 heterocycles. The lowest BCUT2D eigenvalue weighted by Crippen LogP contribution is -2.36. The molecule has 0 saturated carbocycles. The van der Waals surface area contributed by atoms with E-state index < -0.39 is 10.0 Å². The lowest BCUT2D eigenvalue weighted by molar-refractivity contribution is -0.121. The van der Waals surface area contributed by atoms with Crippen molar-refractivity contribution >= 4 is 21.7 Å². The van der Waals surface area contributed by atoms with Gasteiger partial charge in [-0.15, -0.1) is 0 Å². The van der Waals surface area contributed by atoms with Crippen molar-refractivity contribution in [3.05, 3.63) is 53.7 Å². The number of pyridine rings is 1. The van der Waals surface area contributed by atoms with Crippen LogP contribution in [0.15, 0.2) is 47.5 Å². The molecule has 1 amide bonds. The van der Waals surface area contributed by atoms with Crippen LogP contribution in [0.4, 0.5) is 5.82 Å². The van der Waals surface area contributed by atoms with Gasteiger partial charge in [0.25, 0.3) is 0 Å². The van der Waals surface area contributed by atoms with E-state index >= 15 is 0 Å². The van der Waals surface area contributed by atoms with E-state index in [0.717, 1.165) is 30.0 Å². The second kappa shape index (κ2) is 9.13. The number of sulfonamides is 1. The Balaban J connectivity index is 1.48. The Kier molecular flexibility index (Phi) is 6.61. The van der Waals surface area contributed by atoms with Crippen molar-refractivity contribution in [2.45, 2.75) is 24.3 Å². The van der Waals surface area contributed by atoms with Gasteiger partial charge < -0.3 is 15.0 Å². The van der Waals surface area contributed by atoms with Crippen LogP contribution in [0.5, 0.6) is 0 Å². The Morgan fingerprint density at radius 3 is 2.54 bits per heavy atom. The van der Waals surface area contributed by atoms with Gasteiger partial charge in [0.05, 0.1) is 18.1 Å². The summed E-state index contributed by atoms with van der Waals surface area (Å²) in [5.41, 5.74) is 1.86. The summed E-state index contributed by atoms with van der Waals surface area (Å²) in [6, 6.07) is 10.1. The molecule has 1 aliphatic heterocycles. The SMILES string of the molecule is NS(=O)(=O)c1ccc(CCC(=O)NCc2ccnc(N3CCOCC3)c2)cc1. The van der Waals surface area contributed by atoms with Crippen LogP contribution in [0, 0.1) is 0 Å². The van der Waals surface area contributed by atoms with Crippen molar-refractivity contribution in [1.82, 2.24) is 10.3 Å². The van der Waals surface area contributed by atoms with Gasteiger partial charge in [-0.05, 0) is 41.8 Å². The van der Waals surface area contributed by atoms with Gasteiger partial charge in [-0.1, -0.05) is 12.1 Å². The van der Waals surface area contributed by atoms with E-state index in [4.69, 9.17) is 9.88 Å². The minimum absolute atomic E-state index is 0.0643. The smallest absolute Gasteiger partial charge is 0.238 e. The summed E-state index contributed by atoms with van der Waals surface area (Å²) >= 11 is 0. The maximum absolute atomic E-state index is 12.1. The van der Waals surface area contributed by atoms with E-state index in [-0.39, 0.29) is 10.8 Å². The number of anilines is 1. The first-order chi connectivity index (χ1) is 13.4. The summed E-state index contributed by atoms with van der Waals surface area (Å²) in [4.78, 5) is 18.8. The molecule has 0 atom stereocenters. The summed E-state index contributed by atoms with van der Waals surface area (Å²) in [6.45, 7) is 3.45. The molecule has 3 N–H and O–H groups in total. The van der Waals surface area contributed by atoms with Crippen LogP contribution in [-0.4, -0.2) is 45.6 Å². The highest BCUT2D eigenvalue weighted by molar-refractivity contribution is 7.89. The molecule has 9 heteroatoms. The molecule has 0 spiro atoms. The molecular formula is C19H24N4O4S. The average molecular weight is 404 g/mol. The second-order valence-electron chi connectivity index (χ2n) is 6.59. The predicted molar refractivity (Wildman–Crippen MR) is 105 cm³/mol. The Labute approximate surface area is 164 Å². The fraction of sp³-hybridized carbons (Fsp3) is 0.368. The zero-order valence-electron chi connectivity index (χ0n) is 15.5. The van der Waals surface area contributed by atoms with E-state index in [9.17, 15) is 13.2 Å². The molecule has 1 aliphatic rings. The van der Waals surface area contributed by atoms with Crippen LogP contribution < -0.4 is 15.4 Å². The first-order valence-electron chi connectivity index (χ1n) is 9.08. The fourth-order valence-electron chi connectivity index (χ4n) is 2.93. The number of rotatable bonds is 7. The molecule has 1 aromatic carbocycles. The quantitative estimate of drug-likeness (QED) is 0.706. The molecule has 1 aromatic heterocycles. The number of morpholine rings is 1. The lowest BCUT2D eigenvalue weighted by atomic mass is 10.1. The molecule has 0 unspecified atom stereocenters. The molecule has 8 nitrogen and oxygen atoms in total. The van der Waals surface area contributed by atoms with Gasteiger partial charge in [-0.3, -0.25) is 4.79 Å². The molecule has 1 fully saturated rings. The number of carbonyl (C=O) groups excluding carboxylic acids is 1. The molecule has 3 rings (SSSR count). The van der Waals surface area contributed by atoms with Crippen molar-refractivity contribution in [3.63, 3.8) is 0 Å². The van der Waals surface area contributed by atoms with E-state index in [2.05, 4.69) is 15.2 Å². The number of amides is 1. The highest BCUT2D eigenvalue weighted by Gasteiger charge is 2.13. The first-order valence-corrected chi connectivity index (χ1v) is 10.6. The monoisotopic (exact) mass is 404 g/mol. The third-order valence-corrected chi connectivity index (χ3v) is 5.46. The zero-order chi connectivity index (χ0) is 20.0. The summed E-state index contributed by atoms with van der Waals surface area (Å²) < 4.78 is 27.9. The third kappa shape index (κ3) is 5.75. The van der Waals surface area contributed by atoms with E-state index in [1.165, 1.54) is 12.1 Å². The number of hydrogen-bond acceptors (Lipinski definition) is 6. The van der Waals surface area contributed by atoms with Gasteiger partial charge in [0.15, 0.2) is 0 Å². The van der Waals surface area contributed by atoms with E-state index in [1.54, 1.807) is 18.3 Å². The summed E-state index contributed by atoms with van der Waals surface area (Å²) in [5.74, 6) is 0.824. The molecule has 0 radical (unpaired) electrons. The normalized spacial score (nSPS) is 14.7. The number of nitrogens with two attached hydrogens (primary N) is 1. The number of aromatic nitrogens is 1. The van der Waals surface area contributed by atoms with Crippen molar-refractivity contribution in [1.29, 1.82) is 0 Å². The summed E-state index contributed by atoms with van der Waals surface area (Å²) in [6.07, 6.45) is 2.58. The number of primary sulfonamides is 1. The van der Waals surface area contributed by atoms with Crippen molar-refractivity contribution < 1.29 is 17.9 Å². The maximum atomic E-state index is 12.1. The standard InChI is InChI=1S/C19H24N4O4S/c20-28(25,26)17-4-1-15(2-5-17)3-6-19(24)22-14-16-7-8-21-18(13-16)23-9-11-27-12-10-23/h1-2,4-5,7-8,13H,3,6,9-12,14H2,(H,22,24)(H2,20,25,26). The number of hydrogen-bond donors (Lipinski definition) is 2. The molecule has 0 aliphatic carbocycles. The highest BCUT2D eigenvalue weighted by Crippen LogP contribution is 2.14. The molecule has 1 saturated heterocycles. The number of nitrogens with one attached hydrogen (secondary N) is 1. The van der Waals surface area contributed by atoms with Gasteiger partial charge in [-0.25, -0.2) is 18.5 Å². The molecule has 28 heavy (non-hydrogen) atoms. The number of ether oxygens (including phenoxy) is 1. The second-order valence-corrected chi connectivity index (χ2v) is 8.15. The zero-order valence-corrected chi connectivity index (χ0v) is 16.3. The fourth-order valence-corrected chi connectivity index (χ4v) is 3.44. The summed E-state index contributed by atoms with van der Waals surface area (Å²) in [5, 5.41) is 7.99. The average Bonchev–Trinajstić information content (AvgIpc) is 2.71. The van der Waals surface area contributed by atoms with Crippen LogP contribution in [0.3, 0.4) is 0 Å². The molecule has 2 aromatic rings.